The van der Waals surface area contributed by atoms with Crippen LogP contribution >= 0.6 is 0 Å². The fourth-order valence-electron chi connectivity index (χ4n) is 2.32. The van der Waals surface area contributed by atoms with Gasteiger partial charge in [-0.1, -0.05) is 20.8 Å². The topological polar surface area (TPSA) is 141 Å². The number of methoxy groups -OCH3 is 2. The Morgan fingerprint density at radius 2 is 1.32 bits per heavy atom. The molecular formula is C23H44N2O9. The molecule has 11 nitrogen and oxygen atoms in total. The lowest BCUT2D eigenvalue weighted by atomic mass is 9.89. The van der Waals surface area contributed by atoms with E-state index in [4.69, 9.17) is 9.47 Å². The average molecular weight is 493 g/mol. The van der Waals surface area contributed by atoms with E-state index < -0.39 is 34.8 Å². The molecule has 0 saturated carbocycles. The van der Waals surface area contributed by atoms with E-state index >= 15 is 0 Å². The molecule has 1 unspecified atom stereocenters. The predicted octanol–water partition coefficient (Wildman–Crippen LogP) is 3.91. The number of hydrogen-bond acceptors (Lipinski definition) is 9. The van der Waals surface area contributed by atoms with Gasteiger partial charge in [0.1, 0.15) is 11.2 Å². The van der Waals surface area contributed by atoms with Gasteiger partial charge in [-0.2, -0.15) is 5.06 Å². The van der Waals surface area contributed by atoms with Crippen molar-refractivity contribution in [2.45, 2.75) is 86.4 Å². The summed E-state index contributed by atoms with van der Waals surface area (Å²) in [5.41, 5.74) is -1.78. The molecule has 0 aliphatic rings. The van der Waals surface area contributed by atoms with E-state index in [1.165, 1.54) is 14.2 Å². The summed E-state index contributed by atoms with van der Waals surface area (Å²) in [5.74, 6) is -0.643. The number of hydrogen-bond donors (Lipinski definition) is 2. The van der Waals surface area contributed by atoms with Crippen LogP contribution in [0.4, 0.5) is 9.59 Å². The summed E-state index contributed by atoms with van der Waals surface area (Å²) < 4.78 is 19.1. The highest BCUT2D eigenvalue weighted by Crippen LogP contribution is 2.22. The number of alkyl carbamates (subject to hydrolysis) is 1. The van der Waals surface area contributed by atoms with Crippen molar-refractivity contribution in [2.24, 2.45) is 11.3 Å². The van der Waals surface area contributed by atoms with Crippen LogP contribution in [0, 0.1) is 11.3 Å². The fraction of sp³-hybridized carbons (Fsp3) is 0.826. The fourth-order valence-corrected chi connectivity index (χ4v) is 2.32. The number of carbonyl (C=O) groups excluding carboxylic acids is 4. The standard InChI is InChI=1S/C12H23NO5.C11H21NO4/c1-11(2,3)18-10(15)13(16)8-12(4,5)7-9(14)17-6;1-8(6-9(13)15-5)7-12-10(14)16-11(2,3)4/h16H,7-8H2,1-6H3;8H,6-7H2,1-5H3,(H,12,14). The lowest BCUT2D eigenvalue weighted by Gasteiger charge is -2.29. The lowest BCUT2D eigenvalue weighted by molar-refractivity contribution is -0.146. The molecule has 2 amide bonds. The van der Waals surface area contributed by atoms with Crippen LogP contribution in [0.3, 0.4) is 0 Å². The van der Waals surface area contributed by atoms with Crippen molar-refractivity contribution in [1.29, 1.82) is 0 Å². The summed E-state index contributed by atoms with van der Waals surface area (Å²) in [7, 11) is 2.64. The molecule has 0 fully saturated rings. The molecule has 0 rings (SSSR count). The minimum atomic E-state index is -0.833. The summed E-state index contributed by atoms with van der Waals surface area (Å²) in [6.45, 7) is 16.2. The second-order valence-electron chi connectivity index (χ2n) is 10.7. The smallest absolute Gasteiger partial charge is 0.434 e. The van der Waals surface area contributed by atoms with Crippen LogP contribution in [0.2, 0.25) is 0 Å². The van der Waals surface area contributed by atoms with Crippen LogP contribution < -0.4 is 5.32 Å². The van der Waals surface area contributed by atoms with Gasteiger partial charge in [-0.3, -0.25) is 14.8 Å². The second kappa shape index (κ2) is 14.6. The molecule has 1 atom stereocenters. The Morgan fingerprint density at radius 1 is 0.853 bits per heavy atom. The normalized spacial score (nSPS) is 12.4. The number of nitrogens with zero attached hydrogens (tertiary/aromatic N) is 1. The Morgan fingerprint density at radius 3 is 1.74 bits per heavy atom. The van der Waals surface area contributed by atoms with Gasteiger partial charge in [0.05, 0.1) is 27.2 Å². The zero-order chi connectivity index (χ0) is 27.3. The van der Waals surface area contributed by atoms with Gasteiger partial charge < -0.3 is 24.3 Å². The quantitative estimate of drug-likeness (QED) is 0.223. The third-order valence-corrected chi connectivity index (χ3v) is 3.77. The third-order valence-electron chi connectivity index (χ3n) is 3.77. The van der Waals surface area contributed by atoms with Crippen LogP contribution in [-0.4, -0.2) is 72.9 Å². The number of hydroxylamine groups is 2. The van der Waals surface area contributed by atoms with Crippen molar-refractivity contribution in [3.05, 3.63) is 0 Å². The van der Waals surface area contributed by atoms with Crippen molar-refractivity contribution in [3.8, 4) is 0 Å². The molecule has 0 spiro atoms. The first-order chi connectivity index (χ1) is 15.2. The van der Waals surface area contributed by atoms with Gasteiger partial charge >= 0.3 is 24.1 Å². The SMILES string of the molecule is COC(=O)CC(C)(C)CN(O)C(=O)OC(C)(C)C.COC(=O)CC(C)CNC(=O)OC(C)(C)C. The van der Waals surface area contributed by atoms with Crippen LogP contribution in [0.25, 0.3) is 0 Å². The number of nitrogens with one attached hydrogen (secondary N) is 1. The summed E-state index contributed by atoms with van der Waals surface area (Å²) >= 11 is 0. The molecule has 34 heavy (non-hydrogen) atoms. The van der Waals surface area contributed by atoms with Gasteiger partial charge in [-0.15, -0.1) is 0 Å². The summed E-state index contributed by atoms with van der Waals surface area (Å²) in [5, 5.41) is 12.7. The molecule has 0 radical (unpaired) electrons. The molecule has 0 aliphatic carbocycles. The molecule has 0 bridgehead atoms. The van der Waals surface area contributed by atoms with E-state index in [0.29, 0.717) is 11.6 Å². The second-order valence-corrected chi connectivity index (χ2v) is 10.7. The first kappa shape index (κ1) is 33.6. The molecule has 200 valence electrons. The van der Waals surface area contributed by atoms with Gasteiger partial charge in [0.15, 0.2) is 0 Å². The number of amides is 2. The maximum absolute atomic E-state index is 11.5. The Bertz CT molecular complexity index is 664. The highest BCUT2D eigenvalue weighted by atomic mass is 16.6. The molecule has 11 heteroatoms. The van der Waals surface area contributed by atoms with Crippen molar-refractivity contribution in [1.82, 2.24) is 10.4 Å². The summed E-state index contributed by atoms with van der Waals surface area (Å²) in [4.78, 5) is 44.9. The van der Waals surface area contributed by atoms with E-state index in [9.17, 15) is 24.4 Å². The van der Waals surface area contributed by atoms with Gasteiger partial charge in [0.2, 0.25) is 0 Å². The third kappa shape index (κ3) is 20.1. The Balaban J connectivity index is 0. The van der Waals surface area contributed by atoms with E-state index in [-0.39, 0.29) is 31.3 Å². The monoisotopic (exact) mass is 492 g/mol. The largest absolute Gasteiger partial charge is 0.469 e. The van der Waals surface area contributed by atoms with E-state index in [0.717, 1.165) is 0 Å². The molecule has 0 aromatic rings. The van der Waals surface area contributed by atoms with Gasteiger partial charge in [0, 0.05) is 13.0 Å². The maximum Gasteiger partial charge on any atom is 0.434 e. The minimum Gasteiger partial charge on any atom is -0.469 e. The molecule has 0 aromatic carbocycles. The van der Waals surface area contributed by atoms with Crippen LogP contribution in [0.5, 0.6) is 0 Å². The Labute approximate surface area is 203 Å². The van der Waals surface area contributed by atoms with Crippen LogP contribution in [0.15, 0.2) is 0 Å². The molecular weight excluding hydrogens is 448 g/mol. The van der Waals surface area contributed by atoms with Crippen molar-refractivity contribution in [2.75, 3.05) is 27.3 Å². The Hall–Kier alpha value is -2.56. The van der Waals surface area contributed by atoms with Gasteiger partial charge in [-0.25, -0.2) is 9.59 Å². The molecule has 0 saturated heterocycles. The van der Waals surface area contributed by atoms with Crippen molar-refractivity contribution < 1.29 is 43.3 Å². The lowest BCUT2D eigenvalue weighted by Crippen LogP contribution is -2.40. The van der Waals surface area contributed by atoms with Gasteiger partial charge in [0.25, 0.3) is 0 Å². The molecule has 0 heterocycles. The van der Waals surface area contributed by atoms with Gasteiger partial charge in [-0.05, 0) is 52.9 Å². The number of rotatable bonds is 8. The highest BCUT2D eigenvalue weighted by molar-refractivity contribution is 5.71. The summed E-state index contributed by atoms with van der Waals surface area (Å²) in [6, 6.07) is 0. The van der Waals surface area contributed by atoms with E-state index in [1.807, 2.05) is 6.92 Å². The van der Waals surface area contributed by atoms with E-state index in [1.54, 1.807) is 55.4 Å². The first-order valence-corrected chi connectivity index (χ1v) is 11.0. The molecule has 2 N–H and O–H groups in total. The highest BCUT2D eigenvalue weighted by Gasteiger charge is 2.29. The molecule has 0 aromatic heterocycles. The number of ether oxygens (including phenoxy) is 4. The average Bonchev–Trinajstić information content (AvgIpc) is 2.63. The Kier molecular flexibility index (Phi) is 14.5. The number of esters is 2. The van der Waals surface area contributed by atoms with Crippen LogP contribution in [0.1, 0.15) is 75.2 Å². The zero-order valence-corrected chi connectivity index (χ0v) is 22.6. The van der Waals surface area contributed by atoms with Crippen molar-refractivity contribution >= 4 is 24.1 Å². The predicted molar refractivity (Wildman–Crippen MR) is 125 cm³/mol. The first-order valence-electron chi connectivity index (χ1n) is 11.0. The number of carbonyl (C=O) groups is 4. The zero-order valence-electron chi connectivity index (χ0n) is 22.6. The summed E-state index contributed by atoms with van der Waals surface area (Å²) in [6.07, 6.45) is -0.917. The maximum atomic E-state index is 11.5. The van der Waals surface area contributed by atoms with Crippen LogP contribution in [-0.2, 0) is 28.5 Å². The van der Waals surface area contributed by atoms with Crippen molar-refractivity contribution in [3.63, 3.8) is 0 Å². The van der Waals surface area contributed by atoms with E-state index in [2.05, 4.69) is 14.8 Å². The molecule has 0 aliphatic heterocycles. The minimum absolute atomic E-state index is 0.0169.